The summed E-state index contributed by atoms with van der Waals surface area (Å²) in [5, 5.41) is 2.18. The highest BCUT2D eigenvalue weighted by Crippen LogP contribution is 2.21. The van der Waals surface area contributed by atoms with Crippen LogP contribution in [0.25, 0.3) is 0 Å². The van der Waals surface area contributed by atoms with Crippen molar-refractivity contribution >= 4 is 39.9 Å². The lowest BCUT2D eigenvalue weighted by Crippen LogP contribution is -2.19. The maximum Gasteiger partial charge on any atom is 0.0701 e. The van der Waals surface area contributed by atoms with Gasteiger partial charge in [0.25, 0.3) is 0 Å². The molecule has 1 heterocycles. The van der Waals surface area contributed by atoms with Gasteiger partial charge >= 0.3 is 0 Å². The van der Waals surface area contributed by atoms with Gasteiger partial charge in [-0.05, 0) is 40.0 Å². The average Bonchev–Trinajstić information content (AvgIpc) is 2.36. The molecule has 0 saturated carbocycles. The molecule has 0 amide bonds. The second-order valence-electron chi connectivity index (χ2n) is 2.72. The van der Waals surface area contributed by atoms with Gasteiger partial charge in [0.15, 0.2) is 0 Å². The van der Waals surface area contributed by atoms with Gasteiger partial charge in [-0.3, -0.25) is 0 Å². The number of hydrogen-bond donors (Lipinski definition) is 1. The van der Waals surface area contributed by atoms with E-state index in [-0.39, 0.29) is 0 Å². The zero-order valence-electron chi connectivity index (χ0n) is 6.96. The molecule has 0 atom stereocenters. The van der Waals surface area contributed by atoms with E-state index in [2.05, 4.69) is 52.0 Å². The minimum atomic E-state index is 0.918. The second kappa shape index (κ2) is 5.27. The van der Waals surface area contributed by atoms with Crippen LogP contribution in [-0.2, 0) is 6.54 Å². The van der Waals surface area contributed by atoms with Crippen molar-refractivity contribution in [3.8, 4) is 0 Å². The minimum absolute atomic E-state index is 0.918. The largest absolute Gasteiger partial charge is 0.301 e. The molecule has 0 bridgehead atoms. The van der Waals surface area contributed by atoms with Crippen LogP contribution in [0.4, 0.5) is 0 Å². The van der Waals surface area contributed by atoms with Gasteiger partial charge in [0.1, 0.15) is 0 Å². The molecule has 68 valence electrons. The van der Waals surface area contributed by atoms with E-state index in [0.29, 0.717) is 0 Å². The van der Waals surface area contributed by atoms with Crippen LogP contribution >= 0.6 is 39.9 Å². The molecule has 1 aromatic rings. The van der Waals surface area contributed by atoms with E-state index in [9.17, 15) is 0 Å². The first-order valence-electron chi connectivity index (χ1n) is 3.74. The number of halogens is 1. The van der Waals surface area contributed by atoms with Crippen LogP contribution in [0.15, 0.2) is 15.2 Å². The number of rotatable bonds is 4. The number of nitrogens with zero attached hydrogens (tertiary/aromatic N) is 1. The van der Waals surface area contributed by atoms with Crippen LogP contribution in [0.2, 0.25) is 0 Å². The Morgan fingerprint density at radius 3 is 2.92 bits per heavy atom. The van der Waals surface area contributed by atoms with Crippen molar-refractivity contribution in [2.45, 2.75) is 6.54 Å². The van der Waals surface area contributed by atoms with E-state index < -0.39 is 0 Å². The number of hydrogen-bond acceptors (Lipinski definition) is 3. The van der Waals surface area contributed by atoms with Gasteiger partial charge in [-0.1, -0.05) is 0 Å². The van der Waals surface area contributed by atoms with Crippen LogP contribution in [-0.4, -0.2) is 24.2 Å². The highest BCUT2D eigenvalue weighted by molar-refractivity contribution is 9.11. The van der Waals surface area contributed by atoms with Crippen molar-refractivity contribution < 1.29 is 0 Å². The third-order valence-electron chi connectivity index (χ3n) is 1.56. The van der Waals surface area contributed by atoms with Crippen molar-refractivity contribution in [1.82, 2.24) is 4.90 Å². The van der Waals surface area contributed by atoms with Crippen LogP contribution in [0.3, 0.4) is 0 Å². The summed E-state index contributed by atoms with van der Waals surface area (Å²) in [6, 6.07) is 2.17. The molecule has 0 unspecified atom stereocenters. The summed E-state index contributed by atoms with van der Waals surface area (Å²) in [4.78, 5) is 2.27. The minimum Gasteiger partial charge on any atom is -0.301 e. The summed E-state index contributed by atoms with van der Waals surface area (Å²) in [5.41, 5.74) is 1.37. The van der Waals surface area contributed by atoms with E-state index >= 15 is 0 Å². The molecule has 4 heteroatoms. The van der Waals surface area contributed by atoms with Crippen LogP contribution in [0, 0.1) is 0 Å². The highest BCUT2D eigenvalue weighted by atomic mass is 79.9. The van der Waals surface area contributed by atoms with Crippen molar-refractivity contribution in [1.29, 1.82) is 0 Å². The first-order chi connectivity index (χ1) is 5.72. The summed E-state index contributed by atoms with van der Waals surface area (Å²) in [6.07, 6.45) is 0. The second-order valence-corrected chi connectivity index (χ2v) is 5.46. The molecule has 0 spiro atoms. The van der Waals surface area contributed by atoms with Crippen LogP contribution < -0.4 is 0 Å². The first kappa shape index (κ1) is 10.6. The molecule has 1 rings (SSSR count). The SMILES string of the molecule is CN(CCS)Cc1csc(Br)c1. The molecule has 0 aliphatic carbocycles. The number of thiophene rings is 1. The Hall–Kier alpha value is 0.490. The van der Waals surface area contributed by atoms with Gasteiger partial charge < -0.3 is 4.90 Å². The lowest BCUT2D eigenvalue weighted by Gasteiger charge is -2.13. The molecule has 0 N–H and O–H groups in total. The predicted octanol–water partition coefficient (Wildman–Crippen LogP) is 2.87. The van der Waals surface area contributed by atoms with E-state index in [1.54, 1.807) is 11.3 Å². The quantitative estimate of drug-likeness (QED) is 0.820. The van der Waals surface area contributed by atoms with Crippen molar-refractivity contribution in [2.24, 2.45) is 0 Å². The molecular formula is C8H12BrNS2. The van der Waals surface area contributed by atoms with Gasteiger partial charge in [-0.25, -0.2) is 0 Å². The van der Waals surface area contributed by atoms with E-state index in [1.807, 2.05) is 0 Å². The molecule has 0 aromatic carbocycles. The van der Waals surface area contributed by atoms with Crippen molar-refractivity contribution in [2.75, 3.05) is 19.3 Å². The predicted molar refractivity (Wildman–Crippen MR) is 62.2 cm³/mol. The Bertz CT molecular complexity index is 237. The monoisotopic (exact) mass is 265 g/mol. The van der Waals surface area contributed by atoms with Crippen LogP contribution in [0.1, 0.15) is 5.56 Å². The molecular weight excluding hydrogens is 254 g/mol. The molecule has 1 aromatic heterocycles. The summed E-state index contributed by atoms with van der Waals surface area (Å²) < 4.78 is 1.21. The molecule has 0 aliphatic rings. The molecule has 0 aliphatic heterocycles. The third kappa shape index (κ3) is 3.47. The Labute approximate surface area is 91.3 Å². The average molecular weight is 266 g/mol. The van der Waals surface area contributed by atoms with Gasteiger partial charge in [-0.2, -0.15) is 12.6 Å². The maximum absolute atomic E-state index is 4.18. The Morgan fingerprint density at radius 1 is 1.67 bits per heavy atom. The molecule has 12 heavy (non-hydrogen) atoms. The summed E-state index contributed by atoms with van der Waals surface area (Å²) in [6.45, 7) is 2.05. The third-order valence-corrected chi connectivity index (χ3v) is 3.31. The summed E-state index contributed by atoms with van der Waals surface area (Å²) >= 11 is 9.36. The zero-order chi connectivity index (χ0) is 8.97. The Kier molecular flexibility index (Phi) is 4.64. The lowest BCUT2D eigenvalue weighted by molar-refractivity contribution is 0.349. The van der Waals surface area contributed by atoms with Gasteiger partial charge in [0, 0.05) is 18.8 Å². The lowest BCUT2D eigenvalue weighted by atomic mass is 10.3. The molecule has 0 radical (unpaired) electrons. The van der Waals surface area contributed by atoms with E-state index in [1.165, 1.54) is 9.35 Å². The van der Waals surface area contributed by atoms with Crippen molar-refractivity contribution in [3.05, 3.63) is 20.8 Å². The summed E-state index contributed by atoms with van der Waals surface area (Å²) in [7, 11) is 2.11. The van der Waals surface area contributed by atoms with Gasteiger partial charge in [0.05, 0.1) is 3.79 Å². The van der Waals surface area contributed by atoms with Gasteiger partial charge in [-0.15, -0.1) is 11.3 Å². The van der Waals surface area contributed by atoms with Gasteiger partial charge in [0.2, 0.25) is 0 Å². The topological polar surface area (TPSA) is 3.24 Å². The highest BCUT2D eigenvalue weighted by Gasteiger charge is 2.00. The van der Waals surface area contributed by atoms with Crippen molar-refractivity contribution in [3.63, 3.8) is 0 Å². The smallest absolute Gasteiger partial charge is 0.0701 e. The first-order valence-corrected chi connectivity index (χ1v) is 6.05. The van der Waals surface area contributed by atoms with E-state index in [4.69, 9.17) is 0 Å². The maximum atomic E-state index is 4.18. The fraction of sp³-hybridized carbons (Fsp3) is 0.500. The molecule has 0 fully saturated rings. The van der Waals surface area contributed by atoms with E-state index in [0.717, 1.165) is 18.8 Å². The summed E-state index contributed by atoms with van der Waals surface area (Å²) in [5.74, 6) is 0.918. The molecule has 1 nitrogen and oxygen atoms in total. The zero-order valence-corrected chi connectivity index (χ0v) is 10.3. The number of thiol groups is 1. The van der Waals surface area contributed by atoms with Crippen LogP contribution in [0.5, 0.6) is 0 Å². The fourth-order valence-electron chi connectivity index (χ4n) is 0.990. The fourth-order valence-corrected chi connectivity index (χ4v) is 2.53. The standard InChI is InChI=1S/C8H12BrNS2/c1-10(2-3-11)5-7-4-8(9)12-6-7/h4,6,11H,2-3,5H2,1H3. The normalized spacial score (nSPS) is 11.0. The Balaban J connectivity index is 2.41. The molecule has 0 saturated heterocycles. The Morgan fingerprint density at radius 2 is 2.42 bits per heavy atom.